The molecule has 36 heavy (non-hydrogen) atoms. The van der Waals surface area contributed by atoms with E-state index in [2.05, 4.69) is 0 Å². The number of imide groups is 1. The fourth-order valence-electron chi connectivity index (χ4n) is 5.39. The summed E-state index contributed by atoms with van der Waals surface area (Å²) in [4.78, 5) is 55.9. The van der Waals surface area contributed by atoms with Gasteiger partial charge in [-0.1, -0.05) is 90.0 Å². The van der Waals surface area contributed by atoms with E-state index >= 15 is 0 Å². The maximum Gasteiger partial charge on any atom is 0.241 e. The molecule has 0 N–H and O–H groups in total. The molecule has 2 amide bonds. The molecule has 1 spiro atoms. The molecule has 3 atom stereocenters. The average molecular weight is 518 g/mol. The Labute approximate surface area is 216 Å². The van der Waals surface area contributed by atoms with Crippen LogP contribution in [0.2, 0.25) is 10.0 Å². The van der Waals surface area contributed by atoms with Gasteiger partial charge in [0.1, 0.15) is 0 Å². The summed E-state index contributed by atoms with van der Waals surface area (Å²) < 4.78 is 6.17. The molecule has 2 saturated heterocycles. The molecule has 1 aliphatic carbocycles. The second kappa shape index (κ2) is 8.23. The van der Waals surface area contributed by atoms with E-state index in [-0.39, 0.29) is 26.9 Å². The van der Waals surface area contributed by atoms with Gasteiger partial charge < -0.3 is 4.74 Å². The number of ether oxygens (including phenoxy) is 1. The number of Topliss-reactive ketones (excluding diaryl/α,β-unsaturated/α-hetero) is 2. The minimum absolute atomic E-state index is 0.165. The summed E-state index contributed by atoms with van der Waals surface area (Å²) in [6, 6.07) is 20.1. The number of carbonyl (C=O) groups excluding carboxylic acids is 4. The third-order valence-corrected chi connectivity index (χ3v) is 7.73. The summed E-state index contributed by atoms with van der Waals surface area (Å²) in [5.41, 5.74) is -0.698. The second-order valence-electron chi connectivity index (χ2n) is 8.91. The standard InChI is InChI=1S/C28H17Cl2NO5/c29-19-12-11-16(14-20(19)30)31-26(34)22-21(13-10-15-6-2-1-3-7-15)36-28(23(22)27(31)35)24(32)17-8-4-5-9-18(17)25(28)33/h1-14,21-23H/b13-10+/t21-,22-,23-/m0/s1. The Morgan fingerprint density at radius 1 is 0.778 bits per heavy atom. The quantitative estimate of drug-likeness (QED) is 0.359. The number of ketones is 2. The van der Waals surface area contributed by atoms with Crippen LogP contribution in [0.25, 0.3) is 6.08 Å². The Balaban J connectivity index is 1.49. The molecule has 6 nitrogen and oxygen atoms in total. The van der Waals surface area contributed by atoms with Gasteiger partial charge in [-0.05, 0) is 23.8 Å². The fourth-order valence-corrected chi connectivity index (χ4v) is 5.68. The smallest absolute Gasteiger partial charge is 0.241 e. The molecule has 2 aliphatic heterocycles. The highest BCUT2D eigenvalue weighted by atomic mass is 35.5. The molecule has 6 rings (SSSR count). The zero-order valence-electron chi connectivity index (χ0n) is 18.6. The van der Waals surface area contributed by atoms with Crippen LogP contribution in [0.3, 0.4) is 0 Å². The van der Waals surface area contributed by atoms with Crippen LogP contribution in [0.15, 0.2) is 78.9 Å². The number of rotatable bonds is 3. The van der Waals surface area contributed by atoms with Crippen molar-refractivity contribution in [3.63, 3.8) is 0 Å². The maximum absolute atomic E-state index is 13.8. The first kappa shape index (κ1) is 22.9. The molecule has 3 aromatic rings. The minimum Gasteiger partial charge on any atom is -0.350 e. The Bertz CT molecular complexity index is 1460. The van der Waals surface area contributed by atoms with E-state index < -0.39 is 46.9 Å². The summed E-state index contributed by atoms with van der Waals surface area (Å²) in [5, 5.41) is 0.429. The molecule has 0 bridgehead atoms. The first-order valence-electron chi connectivity index (χ1n) is 11.3. The lowest BCUT2D eigenvalue weighted by atomic mass is 9.78. The molecule has 0 saturated carbocycles. The largest absolute Gasteiger partial charge is 0.350 e. The lowest BCUT2D eigenvalue weighted by molar-refractivity contribution is -0.126. The Hall–Kier alpha value is -3.58. The Kier molecular flexibility index (Phi) is 5.23. The molecule has 3 aromatic carbocycles. The van der Waals surface area contributed by atoms with E-state index in [0.29, 0.717) is 0 Å². The number of halogens is 2. The zero-order chi connectivity index (χ0) is 25.2. The number of hydrogen-bond acceptors (Lipinski definition) is 5. The highest BCUT2D eigenvalue weighted by Gasteiger charge is 2.74. The van der Waals surface area contributed by atoms with Gasteiger partial charge in [-0.2, -0.15) is 0 Å². The number of hydrogen-bond donors (Lipinski definition) is 0. The molecule has 0 unspecified atom stereocenters. The normalized spacial score (nSPS) is 24.3. The van der Waals surface area contributed by atoms with Gasteiger partial charge in [-0.15, -0.1) is 0 Å². The van der Waals surface area contributed by atoms with Gasteiger partial charge in [0.05, 0.1) is 33.7 Å². The van der Waals surface area contributed by atoms with Crippen LogP contribution < -0.4 is 4.90 Å². The van der Waals surface area contributed by atoms with Gasteiger partial charge >= 0.3 is 0 Å². The first-order valence-corrected chi connectivity index (χ1v) is 12.0. The zero-order valence-corrected chi connectivity index (χ0v) is 20.1. The Morgan fingerprint density at radius 3 is 2.06 bits per heavy atom. The molecule has 3 aliphatic rings. The summed E-state index contributed by atoms with van der Waals surface area (Å²) in [6.45, 7) is 0. The highest BCUT2D eigenvalue weighted by molar-refractivity contribution is 6.42. The molecule has 8 heteroatoms. The maximum atomic E-state index is 13.8. The van der Waals surface area contributed by atoms with Crippen molar-refractivity contribution in [2.24, 2.45) is 11.8 Å². The van der Waals surface area contributed by atoms with E-state index in [1.807, 2.05) is 30.3 Å². The molecule has 0 aromatic heterocycles. The van der Waals surface area contributed by atoms with Gasteiger partial charge in [0.15, 0.2) is 0 Å². The average Bonchev–Trinajstić information content (AvgIpc) is 3.45. The first-order chi connectivity index (χ1) is 17.3. The van der Waals surface area contributed by atoms with Crippen LogP contribution in [-0.2, 0) is 14.3 Å². The van der Waals surface area contributed by atoms with E-state index in [1.165, 1.54) is 30.3 Å². The van der Waals surface area contributed by atoms with Gasteiger partial charge in [-0.25, -0.2) is 4.90 Å². The summed E-state index contributed by atoms with van der Waals surface area (Å²) in [6.07, 6.45) is 2.40. The highest BCUT2D eigenvalue weighted by Crippen LogP contribution is 2.53. The lowest BCUT2D eigenvalue weighted by Crippen LogP contribution is -2.51. The molecule has 178 valence electrons. The van der Waals surface area contributed by atoms with Crippen LogP contribution in [0.5, 0.6) is 0 Å². The third-order valence-electron chi connectivity index (χ3n) is 7.00. The molecule has 2 heterocycles. The lowest BCUT2D eigenvalue weighted by Gasteiger charge is -2.26. The summed E-state index contributed by atoms with van der Waals surface area (Å²) in [5.74, 6) is -4.86. The molecular weight excluding hydrogens is 501 g/mol. The van der Waals surface area contributed by atoms with Crippen molar-refractivity contribution in [1.82, 2.24) is 0 Å². The van der Waals surface area contributed by atoms with Gasteiger partial charge in [-0.3, -0.25) is 19.2 Å². The van der Waals surface area contributed by atoms with E-state index in [4.69, 9.17) is 27.9 Å². The van der Waals surface area contributed by atoms with Gasteiger partial charge in [0.25, 0.3) is 0 Å². The molecule has 0 radical (unpaired) electrons. The third kappa shape index (κ3) is 3.08. The number of carbonyl (C=O) groups is 4. The van der Waals surface area contributed by atoms with E-state index in [9.17, 15) is 19.2 Å². The van der Waals surface area contributed by atoms with Gasteiger partial charge in [0.2, 0.25) is 29.0 Å². The van der Waals surface area contributed by atoms with Crippen molar-refractivity contribution in [1.29, 1.82) is 0 Å². The predicted octanol–water partition coefficient (Wildman–Crippen LogP) is 5.03. The summed E-state index contributed by atoms with van der Waals surface area (Å²) >= 11 is 12.2. The topological polar surface area (TPSA) is 80.8 Å². The molecular formula is C28H17Cl2NO5. The second-order valence-corrected chi connectivity index (χ2v) is 9.72. The van der Waals surface area contributed by atoms with Crippen molar-refractivity contribution in [3.8, 4) is 0 Å². The van der Waals surface area contributed by atoms with Crippen LogP contribution in [0, 0.1) is 11.8 Å². The molecule has 2 fully saturated rings. The number of nitrogens with zero attached hydrogens (tertiary/aromatic N) is 1. The van der Waals surface area contributed by atoms with Crippen molar-refractivity contribution >= 4 is 58.3 Å². The van der Waals surface area contributed by atoms with Crippen LogP contribution in [-0.4, -0.2) is 35.1 Å². The Morgan fingerprint density at radius 2 is 1.42 bits per heavy atom. The summed E-state index contributed by atoms with van der Waals surface area (Å²) in [7, 11) is 0. The van der Waals surface area contributed by atoms with Crippen LogP contribution in [0.4, 0.5) is 5.69 Å². The van der Waals surface area contributed by atoms with Crippen molar-refractivity contribution < 1.29 is 23.9 Å². The minimum atomic E-state index is -2.11. The predicted molar refractivity (Wildman–Crippen MR) is 134 cm³/mol. The van der Waals surface area contributed by atoms with E-state index in [0.717, 1.165) is 10.5 Å². The monoisotopic (exact) mass is 517 g/mol. The van der Waals surface area contributed by atoms with Gasteiger partial charge in [0, 0.05) is 11.1 Å². The van der Waals surface area contributed by atoms with Crippen molar-refractivity contribution in [3.05, 3.63) is 106 Å². The number of anilines is 1. The van der Waals surface area contributed by atoms with Crippen LogP contribution in [0.1, 0.15) is 26.3 Å². The fraction of sp³-hybridized carbons (Fsp3) is 0.143. The van der Waals surface area contributed by atoms with Crippen molar-refractivity contribution in [2.75, 3.05) is 4.90 Å². The van der Waals surface area contributed by atoms with Crippen molar-refractivity contribution in [2.45, 2.75) is 11.7 Å². The number of amides is 2. The van der Waals surface area contributed by atoms with E-state index in [1.54, 1.807) is 24.3 Å². The van der Waals surface area contributed by atoms with Crippen LogP contribution >= 0.6 is 23.2 Å². The number of benzene rings is 3. The SMILES string of the molecule is O=C1[C@H]2[C@H](/C=C/c3ccccc3)OC3(C(=O)c4ccccc4C3=O)[C@@H]2C(=O)N1c1ccc(Cl)c(Cl)c1. The number of fused-ring (bicyclic) bond motifs is 3.